The third-order valence-corrected chi connectivity index (χ3v) is 5.45. The van der Waals surface area contributed by atoms with Crippen molar-refractivity contribution in [2.24, 2.45) is 5.73 Å². The van der Waals surface area contributed by atoms with Gasteiger partial charge in [0.2, 0.25) is 0 Å². The Hall–Kier alpha value is -2.89. The number of hydrogen-bond donors (Lipinski definition) is 2. The van der Waals surface area contributed by atoms with Gasteiger partial charge in [0, 0.05) is 0 Å². The first-order chi connectivity index (χ1) is 15.4. The molecular formula is C22H18F6N2O2S. The minimum atomic E-state index is -5.06. The Bertz CT molecular complexity index is 1060. The molecule has 4 nitrogen and oxygen atoms in total. The van der Waals surface area contributed by atoms with Gasteiger partial charge in [-0.05, 0) is 29.3 Å². The molecule has 33 heavy (non-hydrogen) atoms. The minimum Gasteiger partial charge on any atom is -0.389 e. The van der Waals surface area contributed by atoms with Crippen LogP contribution < -0.4 is 14.6 Å². The van der Waals surface area contributed by atoms with Crippen LogP contribution >= 0.6 is 0 Å². The van der Waals surface area contributed by atoms with Crippen molar-refractivity contribution in [1.29, 1.82) is 0 Å². The van der Waals surface area contributed by atoms with Crippen LogP contribution in [0.4, 0.5) is 26.3 Å². The van der Waals surface area contributed by atoms with Crippen LogP contribution in [0.5, 0.6) is 5.75 Å². The maximum absolute atomic E-state index is 13.1. The van der Waals surface area contributed by atoms with Crippen molar-refractivity contribution < 1.29 is 34.7 Å². The molecule has 176 valence electrons. The van der Waals surface area contributed by atoms with Crippen molar-refractivity contribution in [2.75, 3.05) is 0 Å². The van der Waals surface area contributed by atoms with Crippen molar-refractivity contribution in [3.63, 3.8) is 0 Å². The van der Waals surface area contributed by atoms with Crippen LogP contribution in [0.25, 0.3) is 0 Å². The maximum Gasteiger partial charge on any atom is 0.416 e. The van der Waals surface area contributed by atoms with E-state index in [1.54, 1.807) is 60.7 Å². The van der Waals surface area contributed by atoms with Crippen molar-refractivity contribution in [1.82, 2.24) is 4.72 Å². The molecule has 0 heterocycles. The number of halogens is 6. The van der Waals surface area contributed by atoms with E-state index in [4.69, 9.17) is 9.92 Å². The zero-order valence-electron chi connectivity index (χ0n) is 16.7. The third-order valence-electron chi connectivity index (χ3n) is 4.66. The normalized spacial score (nSPS) is 15.0. The minimum absolute atomic E-state index is 0.0404. The summed E-state index contributed by atoms with van der Waals surface area (Å²) < 4.78 is 98.5. The van der Waals surface area contributed by atoms with Gasteiger partial charge in [-0.2, -0.15) is 35.3 Å². The lowest BCUT2D eigenvalue weighted by molar-refractivity contribution is -0.143. The van der Waals surface area contributed by atoms with Gasteiger partial charge in [-0.1, -0.05) is 60.7 Å². The van der Waals surface area contributed by atoms with E-state index in [1.807, 2.05) is 0 Å². The van der Waals surface area contributed by atoms with Gasteiger partial charge in [0.05, 0.1) is 23.2 Å². The lowest BCUT2D eigenvalue weighted by Gasteiger charge is -2.25. The van der Waals surface area contributed by atoms with Gasteiger partial charge in [0.25, 0.3) is 11.3 Å². The van der Waals surface area contributed by atoms with Gasteiger partial charge >= 0.3 is 12.4 Å². The number of rotatable bonds is 7. The van der Waals surface area contributed by atoms with E-state index in [0.717, 1.165) is 0 Å². The second-order valence-electron chi connectivity index (χ2n) is 7.00. The Balaban J connectivity index is 1.89. The molecule has 3 aromatic rings. The molecule has 0 radical (unpaired) electrons. The third kappa shape index (κ3) is 6.56. The molecule has 0 spiro atoms. The van der Waals surface area contributed by atoms with E-state index in [2.05, 4.69) is 4.72 Å². The van der Waals surface area contributed by atoms with Gasteiger partial charge < -0.3 is 9.92 Å². The topological polar surface area (TPSA) is 64.3 Å². The van der Waals surface area contributed by atoms with E-state index in [1.165, 1.54) is 0 Å². The lowest BCUT2D eigenvalue weighted by Crippen LogP contribution is -2.34. The Morgan fingerprint density at radius 2 is 1.21 bits per heavy atom. The van der Waals surface area contributed by atoms with Gasteiger partial charge in [0.1, 0.15) is 5.75 Å². The predicted octanol–water partition coefficient (Wildman–Crippen LogP) is 5.71. The molecular weight excluding hydrogens is 470 g/mol. The summed E-state index contributed by atoms with van der Waals surface area (Å²) in [5, 5.41) is 0. The molecule has 3 aromatic carbocycles. The molecule has 3 rings (SSSR count). The molecule has 0 saturated carbocycles. The van der Waals surface area contributed by atoms with E-state index < -0.39 is 52.6 Å². The summed E-state index contributed by atoms with van der Waals surface area (Å²) in [6, 6.07) is 16.3. The summed E-state index contributed by atoms with van der Waals surface area (Å²) >= 11 is -2.53. The van der Waals surface area contributed by atoms with Crippen molar-refractivity contribution in [3.05, 3.63) is 101 Å². The van der Waals surface area contributed by atoms with E-state index >= 15 is 0 Å². The van der Waals surface area contributed by atoms with Gasteiger partial charge in [0.15, 0.2) is 0 Å². The second-order valence-corrected chi connectivity index (χ2v) is 7.87. The first-order valence-electron chi connectivity index (χ1n) is 9.46. The van der Waals surface area contributed by atoms with Gasteiger partial charge in [-0.25, -0.2) is 0 Å². The number of alkyl halides is 6. The molecule has 0 aliphatic carbocycles. The fraction of sp³-hybridized carbons (Fsp3) is 0.182. The quantitative estimate of drug-likeness (QED) is 0.419. The molecule has 0 aromatic heterocycles. The standard InChI is InChI=1S/C22H18F6N2O2S/c23-21(24,25)16-11-17(22(26,27)28)13-18(12-16)32-33(31)30-20(15-9-5-2-6-10-15)19(29)14-7-3-1-4-8-14/h1-13,19-20,30H,29H2/t19-,20-,33?/m0/s1. The fourth-order valence-electron chi connectivity index (χ4n) is 3.07. The predicted molar refractivity (Wildman–Crippen MR) is 111 cm³/mol. The molecule has 0 bridgehead atoms. The molecule has 11 heteroatoms. The smallest absolute Gasteiger partial charge is 0.389 e. The fourth-order valence-corrected chi connectivity index (χ4v) is 3.88. The van der Waals surface area contributed by atoms with Crippen LogP contribution in [0, 0.1) is 0 Å². The van der Waals surface area contributed by atoms with E-state index in [0.29, 0.717) is 23.3 Å². The zero-order valence-corrected chi connectivity index (χ0v) is 17.5. The summed E-state index contributed by atoms with van der Waals surface area (Å²) in [7, 11) is 0. The first-order valence-corrected chi connectivity index (χ1v) is 10.5. The Labute approximate surface area is 188 Å². The van der Waals surface area contributed by atoms with Crippen LogP contribution in [0.15, 0.2) is 78.9 Å². The number of nitrogens with one attached hydrogen (secondary N) is 1. The van der Waals surface area contributed by atoms with E-state index in [-0.39, 0.29) is 6.07 Å². The molecule has 3 atom stereocenters. The maximum atomic E-state index is 13.1. The molecule has 0 saturated heterocycles. The highest BCUT2D eigenvalue weighted by atomic mass is 32.2. The molecule has 0 aliphatic heterocycles. The number of benzene rings is 3. The van der Waals surface area contributed by atoms with E-state index in [9.17, 15) is 30.6 Å². The SMILES string of the molecule is N[C@@H](c1ccccc1)[C@@H](NS(=O)Oc1cc(C(F)(F)F)cc(C(F)(F)F)c1)c1ccccc1. The molecule has 0 aliphatic rings. The highest BCUT2D eigenvalue weighted by Crippen LogP contribution is 2.38. The lowest BCUT2D eigenvalue weighted by atomic mass is 9.95. The van der Waals surface area contributed by atoms with Crippen LogP contribution in [0.1, 0.15) is 34.3 Å². The number of hydrogen-bond acceptors (Lipinski definition) is 3. The van der Waals surface area contributed by atoms with Crippen LogP contribution in [0.3, 0.4) is 0 Å². The summed E-state index contributed by atoms with van der Waals surface area (Å²) in [5.41, 5.74) is 4.42. The molecule has 0 amide bonds. The number of nitrogens with two attached hydrogens (primary N) is 1. The summed E-state index contributed by atoms with van der Waals surface area (Å²) in [5.74, 6) is -0.858. The van der Waals surface area contributed by atoms with Crippen LogP contribution in [-0.2, 0) is 23.6 Å². The van der Waals surface area contributed by atoms with Gasteiger partial charge in [-0.3, -0.25) is 0 Å². The van der Waals surface area contributed by atoms with Crippen molar-refractivity contribution in [2.45, 2.75) is 24.4 Å². The highest BCUT2D eigenvalue weighted by molar-refractivity contribution is 7.78. The average molecular weight is 488 g/mol. The first kappa shape index (κ1) is 24.7. The van der Waals surface area contributed by atoms with Crippen LogP contribution in [0.2, 0.25) is 0 Å². The summed E-state index contributed by atoms with van der Waals surface area (Å²) in [6.07, 6.45) is -10.1. The Morgan fingerprint density at radius 3 is 1.67 bits per heavy atom. The van der Waals surface area contributed by atoms with Crippen molar-refractivity contribution in [3.8, 4) is 5.75 Å². The summed E-state index contributed by atoms with van der Waals surface area (Å²) in [6.45, 7) is 0. The highest BCUT2D eigenvalue weighted by Gasteiger charge is 2.37. The average Bonchev–Trinajstić information content (AvgIpc) is 2.77. The van der Waals surface area contributed by atoms with Crippen molar-refractivity contribution >= 4 is 11.3 Å². The largest absolute Gasteiger partial charge is 0.416 e. The zero-order chi connectivity index (χ0) is 24.2. The Morgan fingerprint density at radius 1 is 0.758 bits per heavy atom. The molecule has 3 N–H and O–H groups in total. The van der Waals surface area contributed by atoms with Crippen LogP contribution in [-0.4, -0.2) is 4.21 Å². The Kier molecular flexibility index (Phi) is 7.45. The molecule has 1 unspecified atom stereocenters. The monoisotopic (exact) mass is 488 g/mol. The van der Waals surface area contributed by atoms with Gasteiger partial charge in [-0.15, -0.1) is 0 Å². The summed E-state index contributed by atoms with van der Waals surface area (Å²) in [4.78, 5) is 0. The second kappa shape index (κ2) is 9.94. The molecule has 0 fully saturated rings.